The van der Waals surface area contributed by atoms with Crippen LogP contribution in [0, 0.1) is 47.8 Å². The van der Waals surface area contributed by atoms with E-state index in [4.69, 9.17) is 0 Å². The third-order valence-electron chi connectivity index (χ3n) is 9.29. The standard InChI is InChI=1S/C25H40N2O.2C2H6/c1-5-7-19-18(6-2)8-9-21-20(19)12-14-25(4)22(21)10-11-23(25)24(28)16-27-17(3)13-15-26-27;2*1-2/h13,15,18-23H,5-12,14,16H2,1-4H3;2*1-2H3. The molecule has 3 heteroatoms. The molecule has 7 atom stereocenters. The van der Waals surface area contributed by atoms with E-state index in [-0.39, 0.29) is 11.3 Å². The van der Waals surface area contributed by atoms with E-state index in [9.17, 15) is 4.79 Å². The van der Waals surface area contributed by atoms with Crippen molar-refractivity contribution < 1.29 is 4.79 Å². The molecule has 1 heterocycles. The topological polar surface area (TPSA) is 34.9 Å². The van der Waals surface area contributed by atoms with E-state index >= 15 is 0 Å². The molecule has 0 N–H and O–H groups in total. The Kier molecular flexibility index (Phi) is 10.5. The summed E-state index contributed by atoms with van der Waals surface area (Å²) in [6.45, 7) is 17.8. The fourth-order valence-corrected chi connectivity index (χ4v) is 7.87. The number of ketones is 1. The number of aryl methyl sites for hydroxylation is 1. The molecule has 0 aliphatic heterocycles. The first-order valence-electron chi connectivity index (χ1n) is 14.0. The van der Waals surface area contributed by atoms with Gasteiger partial charge in [0.1, 0.15) is 6.54 Å². The van der Waals surface area contributed by atoms with Crippen molar-refractivity contribution in [3.05, 3.63) is 18.0 Å². The molecule has 7 unspecified atom stereocenters. The molecule has 3 aliphatic rings. The Balaban J connectivity index is 0.000000860. The Morgan fingerprint density at radius 3 is 2.38 bits per heavy atom. The second-order valence-electron chi connectivity index (χ2n) is 10.4. The molecule has 0 radical (unpaired) electrons. The molecule has 0 amide bonds. The lowest BCUT2D eigenvalue weighted by molar-refractivity contribution is -0.130. The first-order valence-corrected chi connectivity index (χ1v) is 14.0. The van der Waals surface area contributed by atoms with Gasteiger partial charge >= 0.3 is 0 Å². The Morgan fingerprint density at radius 1 is 1.06 bits per heavy atom. The van der Waals surface area contributed by atoms with Crippen molar-refractivity contribution in [1.29, 1.82) is 0 Å². The van der Waals surface area contributed by atoms with Crippen LogP contribution in [-0.4, -0.2) is 15.6 Å². The number of carbonyl (C=O) groups excluding carboxylic acids is 1. The smallest absolute Gasteiger partial charge is 0.157 e. The number of nitrogens with zero attached hydrogens (tertiary/aromatic N) is 2. The van der Waals surface area contributed by atoms with E-state index in [1.165, 1.54) is 51.4 Å². The monoisotopic (exact) mass is 444 g/mol. The normalized spacial score (nSPS) is 35.5. The first-order chi connectivity index (χ1) is 15.5. The molecule has 0 spiro atoms. The summed E-state index contributed by atoms with van der Waals surface area (Å²) in [5.41, 5.74) is 1.33. The number of hydrogen-bond donors (Lipinski definition) is 0. The average Bonchev–Trinajstić information content (AvgIpc) is 3.39. The molecule has 3 fully saturated rings. The van der Waals surface area contributed by atoms with E-state index in [0.29, 0.717) is 12.3 Å². The van der Waals surface area contributed by atoms with Crippen LogP contribution in [0.3, 0.4) is 0 Å². The molecule has 32 heavy (non-hydrogen) atoms. The highest BCUT2D eigenvalue weighted by molar-refractivity contribution is 5.82. The minimum atomic E-state index is 0.231. The highest BCUT2D eigenvalue weighted by Gasteiger charge is 2.57. The molecule has 184 valence electrons. The molecule has 0 saturated heterocycles. The summed E-state index contributed by atoms with van der Waals surface area (Å²) < 4.78 is 1.90. The van der Waals surface area contributed by atoms with Crippen LogP contribution >= 0.6 is 0 Å². The Morgan fingerprint density at radius 2 is 1.78 bits per heavy atom. The van der Waals surface area contributed by atoms with E-state index in [2.05, 4.69) is 25.9 Å². The zero-order chi connectivity index (χ0) is 23.9. The van der Waals surface area contributed by atoms with Gasteiger partial charge in [-0.2, -0.15) is 5.10 Å². The summed E-state index contributed by atoms with van der Waals surface area (Å²) in [5, 5.41) is 4.36. The van der Waals surface area contributed by atoms with E-state index < -0.39 is 0 Å². The van der Waals surface area contributed by atoms with Crippen LogP contribution in [0.15, 0.2) is 12.3 Å². The van der Waals surface area contributed by atoms with E-state index in [0.717, 1.165) is 41.7 Å². The summed E-state index contributed by atoms with van der Waals surface area (Å²) in [6.07, 6.45) is 13.8. The number of aromatic nitrogens is 2. The molecule has 3 nitrogen and oxygen atoms in total. The average molecular weight is 445 g/mol. The third-order valence-corrected chi connectivity index (χ3v) is 9.29. The van der Waals surface area contributed by atoms with Crippen molar-refractivity contribution >= 4 is 5.78 Å². The van der Waals surface area contributed by atoms with Gasteiger partial charge in [-0.05, 0) is 86.5 Å². The molecule has 1 aromatic heterocycles. The lowest BCUT2D eigenvalue weighted by Crippen LogP contribution is -2.48. The van der Waals surface area contributed by atoms with Gasteiger partial charge in [0.2, 0.25) is 0 Å². The van der Waals surface area contributed by atoms with Gasteiger partial charge in [0, 0.05) is 17.8 Å². The quantitative estimate of drug-likeness (QED) is 0.444. The predicted molar refractivity (Wildman–Crippen MR) is 137 cm³/mol. The summed E-state index contributed by atoms with van der Waals surface area (Å²) in [6, 6.07) is 2.00. The Labute approximate surface area is 199 Å². The molecule has 0 bridgehead atoms. The molecule has 0 aromatic carbocycles. The zero-order valence-electron chi connectivity index (χ0n) is 22.5. The number of hydrogen-bond acceptors (Lipinski definition) is 2. The maximum Gasteiger partial charge on any atom is 0.157 e. The van der Waals surface area contributed by atoms with E-state index in [1.807, 2.05) is 51.6 Å². The van der Waals surface area contributed by atoms with Crippen LogP contribution in [-0.2, 0) is 11.3 Å². The molecule has 4 rings (SSSR count). The fraction of sp³-hybridized carbons (Fsp3) is 0.862. The maximum absolute atomic E-state index is 13.3. The predicted octanol–water partition coefficient (Wildman–Crippen LogP) is 8.11. The number of Topliss-reactive ketones (excluding diaryl/α,β-unsaturated/α-hetero) is 1. The van der Waals surface area contributed by atoms with Gasteiger partial charge in [0.15, 0.2) is 5.78 Å². The van der Waals surface area contributed by atoms with Crippen molar-refractivity contribution in [1.82, 2.24) is 9.78 Å². The lowest BCUT2D eigenvalue weighted by Gasteiger charge is -2.54. The van der Waals surface area contributed by atoms with Crippen LogP contribution in [0.2, 0.25) is 0 Å². The number of carbonyl (C=O) groups is 1. The van der Waals surface area contributed by atoms with Crippen LogP contribution in [0.4, 0.5) is 0 Å². The first kappa shape index (κ1) is 27.1. The lowest BCUT2D eigenvalue weighted by atomic mass is 9.50. The van der Waals surface area contributed by atoms with Crippen molar-refractivity contribution in [3.63, 3.8) is 0 Å². The van der Waals surface area contributed by atoms with Gasteiger partial charge in [0.25, 0.3) is 0 Å². The van der Waals surface area contributed by atoms with Crippen LogP contribution in [0.5, 0.6) is 0 Å². The molecular weight excluding hydrogens is 392 g/mol. The largest absolute Gasteiger partial charge is 0.297 e. The van der Waals surface area contributed by atoms with Crippen LogP contribution < -0.4 is 0 Å². The fourth-order valence-electron chi connectivity index (χ4n) is 7.87. The van der Waals surface area contributed by atoms with Gasteiger partial charge in [0.05, 0.1) is 0 Å². The molecule has 3 aliphatic carbocycles. The van der Waals surface area contributed by atoms with Crippen molar-refractivity contribution in [2.45, 2.75) is 120 Å². The summed E-state index contributed by atoms with van der Waals surface area (Å²) in [5.74, 6) is 5.16. The van der Waals surface area contributed by atoms with Crippen molar-refractivity contribution in [2.75, 3.05) is 0 Å². The molecule has 3 saturated carbocycles. The van der Waals surface area contributed by atoms with Gasteiger partial charge in [-0.1, -0.05) is 67.7 Å². The Bertz CT molecular complexity index is 695. The van der Waals surface area contributed by atoms with E-state index in [1.54, 1.807) is 0 Å². The van der Waals surface area contributed by atoms with Gasteiger partial charge in [-0.3, -0.25) is 9.48 Å². The van der Waals surface area contributed by atoms with Crippen LogP contribution in [0.25, 0.3) is 0 Å². The van der Waals surface area contributed by atoms with Gasteiger partial charge in [-0.25, -0.2) is 0 Å². The minimum absolute atomic E-state index is 0.231. The van der Waals surface area contributed by atoms with Crippen LogP contribution in [0.1, 0.15) is 112 Å². The van der Waals surface area contributed by atoms with Gasteiger partial charge < -0.3 is 0 Å². The van der Waals surface area contributed by atoms with Gasteiger partial charge in [-0.15, -0.1) is 0 Å². The highest BCUT2D eigenvalue weighted by Crippen LogP contribution is 2.63. The maximum atomic E-state index is 13.3. The molecular formula is C29H52N2O. The number of rotatable bonds is 6. The summed E-state index contributed by atoms with van der Waals surface area (Å²) in [7, 11) is 0. The summed E-state index contributed by atoms with van der Waals surface area (Å²) in [4.78, 5) is 13.3. The van der Waals surface area contributed by atoms with Crippen molar-refractivity contribution in [2.24, 2.45) is 40.9 Å². The molecule has 1 aromatic rings. The number of fused-ring (bicyclic) bond motifs is 3. The third kappa shape index (κ3) is 5.17. The SMILES string of the molecule is CC.CC.CCCC1C(CC)CCC2C1CCC1(C)C(C(=O)Cn3nccc3C)CCC21. The zero-order valence-corrected chi connectivity index (χ0v) is 22.5. The second-order valence-corrected chi connectivity index (χ2v) is 10.4. The minimum Gasteiger partial charge on any atom is -0.297 e. The second kappa shape index (κ2) is 12.4. The highest BCUT2D eigenvalue weighted by atomic mass is 16.1. The summed E-state index contributed by atoms with van der Waals surface area (Å²) >= 11 is 0. The van der Waals surface area contributed by atoms with Crippen molar-refractivity contribution in [3.8, 4) is 0 Å². The Hall–Kier alpha value is -1.12.